The Labute approximate surface area is 133 Å². The number of carbonyl (C=O) groups is 1. The Bertz CT molecular complexity index is 858. The molecule has 1 amide bonds. The molecule has 4 heteroatoms. The maximum absolute atomic E-state index is 12.1. The van der Waals surface area contributed by atoms with E-state index in [1.165, 1.54) is 6.21 Å². The summed E-state index contributed by atoms with van der Waals surface area (Å²) in [7, 11) is 0. The minimum atomic E-state index is -0.256. The molecular formula is C18H13ClN2O. The van der Waals surface area contributed by atoms with Crippen LogP contribution in [0.25, 0.3) is 10.8 Å². The third-order valence-corrected chi connectivity index (χ3v) is 3.63. The fourth-order valence-electron chi connectivity index (χ4n) is 2.14. The molecule has 3 aromatic carbocycles. The lowest BCUT2D eigenvalue weighted by atomic mass is 10.1. The van der Waals surface area contributed by atoms with E-state index in [1.54, 1.807) is 12.1 Å². The average Bonchev–Trinajstić information content (AvgIpc) is 2.56. The van der Waals surface area contributed by atoms with Crippen molar-refractivity contribution in [3.05, 3.63) is 82.9 Å². The van der Waals surface area contributed by atoms with Crippen LogP contribution >= 0.6 is 11.6 Å². The van der Waals surface area contributed by atoms with Gasteiger partial charge in [-0.2, -0.15) is 5.10 Å². The van der Waals surface area contributed by atoms with Gasteiger partial charge < -0.3 is 0 Å². The maximum Gasteiger partial charge on any atom is 0.271 e. The molecule has 0 fully saturated rings. The smallest absolute Gasteiger partial charge is 0.267 e. The van der Waals surface area contributed by atoms with Crippen molar-refractivity contribution in [2.45, 2.75) is 0 Å². The molecule has 3 rings (SSSR count). The standard InChI is InChI=1S/C18H13ClN2O/c19-17-8-4-3-7-16(17)12-20-21-18(22)15-10-9-13-5-1-2-6-14(13)11-15/h1-12H,(H,21,22)/b20-12-. The summed E-state index contributed by atoms with van der Waals surface area (Å²) in [6.45, 7) is 0. The zero-order chi connectivity index (χ0) is 15.4. The Morgan fingerprint density at radius 3 is 2.50 bits per heavy atom. The molecular weight excluding hydrogens is 296 g/mol. The number of fused-ring (bicyclic) bond motifs is 1. The van der Waals surface area contributed by atoms with Crippen LogP contribution < -0.4 is 5.43 Å². The van der Waals surface area contributed by atoms with Gasteiger partial charge in [0.2, 0.25) is 0 Å². The van der Waals surface area contributed by atoms with E-state index in [0.29, 0.717) is 10.6 Å². The third kappa shape index (κ3) is 3.15. The molecule has 3 nitrogen and oxygen atoms in total. The van der Waals surface area contributed by atoms with Crippen LogP contribution in [0.15, 0.2) is 71.8 Å². The minimum Gasteiger partial charge on any atom is -0.267 e. The van der Waals surface area contributed by atoms with Crippen LogP contribution in [0.3, 0.4) is 0 Å². The number of halogens is 1. The van der Waals surface area contributed by atoms with Crippen LogP contribution in [0.1, 0.15) is 15.9 Å². The zero-order valence-electron chi connectivity index (χ0n) is 11.7. The van der Waals surface area contributed by atoms with E-state index in [0.717, 1.165) is 16.3 Å². The highest BCUT2D eigenvalue weighted by Crippen LogP contribution is 2.15. The number of amides is 1. The quantitative estimate of drug-likeness (QED) is 0.570. The van der Waals surface area contributed by atoms with Gasteiger partial charge >= 0.3 is 0 Å². The van der Waals surface area contributed by atoms with Gasteiger partial charge in [0.15, 0.2) is 0 Å². The molecule has 22 heavy (non-hydrogen) atoms. The minimum absolute atomic E-state index is 0.256. The van der Waals surface area contributed by atoms with E-state index in [9.17, 15) is 4.79 Å². The van der Waals surface area contributed by atoms with Crippen molar-refractivity contribution in [3.8, 4) is 0 Å². The van der Waals surface area contributed by atoms with Crippen LogP contribution in [0.2, 0.25) is 5.02 Å². The van der Waals surface area contributed by atoms with Crippen molar-refractivity contribution in [3.63, 3.8) is 0 Å². The third-order valence-electron chi connectivity index (χ3n) is 3.29. The topological polar surface area (TPSA) is 41.5 Å². The van der Waals surface area contributed by atoms with E-state index in [-0.39, 0.29) is 5.91 Å². The molecule has 108 valence electrons. The number of nitrogens with zero attached hydrogens (tertiary/aromatic N) is 1. The highest BCUT2D eigenvalue weighted by molar-refractivity contribution is 6.33. The predicted octanol–water partition coefficient (Wildman–Crippen LogP) is 4.26. The Balaban J connectivity index is 1.74. The molecule has 0 radical (unpaired) electrons. The number of hydrogen-bond donors (Lipinski definition) is 1. The van der Waals surface area contributed by atoms with Gasteiger partial charge in [-0.1, -0.05) is 60.1 Å². The average molecular weight is 309 g/mol. The molecule has 0 heterocycles. The lowest BCUT2D eigenvalue weighted by molar-refractivity contribution is 0.0955. The summed E-state index contributed by atoms with van der Waals surface area (Å²) < 4.78 is 0. The van der Waals surface area contributed by atoms with Crippen molar-refractivity contribution < 1.29 is 4.79 Å². The van der Waals surface area contributed by atoms with Crippen molar-refractivity contribution >= 4 is 34.5 Å². The fraction of sp³-hybridized carbons (Fsp3) is 0. The van der Waals surface area contributed by atoms with Crippen LogP contribution in [-0.4, -0.2) is 12.1 Å². The Morgan fingerprint density at radius 2 is 1.68 bits per heavy atom. The van der Waals surface area contributed by atoms with Crippen LogP contribution in [0.5, 0.6) is 0 Å². The first-order valence-electron chi connectivity index (χ1n) is 6.81. The molecule has 0 saturated heterocycles. The largest absolute Gasteiger partial charge is 0.271 e. The fourth-order valence-corrected chi connectivity index (χ4v) is 2.32. The number of nitrogens with one attached hydrogen (secondary N) is 1. The Hall–Kier alpha value is -2.65. The first-order valence-corrected chi connectivity index (χ1v) is 7.18. The molecule has 0 saturated carbocycles. The molecule has 0 bridgehead atoms. The molecule has 0 atom stereocenters. The monoisotopic (exact) mass is 308 g/mol. The van der Waals surface area contributed by atoms with Crippen LogP contribution in [0, 0.1) is 0 Å². The second-order valence-electron chi connectivity index (χ2n) is 4.78. The lowest BCUT2D eigenvalue weighted by Gasteiger charge is -2.02. The van der Waals surface area contributed by atoms with Gasteiger partial charge in [-0.25, -0.2) is 5.43 Å². The van der Waals surface area contributed by atoms with Gasteiger partial charge in [0.05, 0.1) is 6.21 Å². The van der Waals surface area contributed by atoms with E-state index in [1.807, 2.05) is 54.6 Å². The molecule has 0 aliphatic heterocycles. The summed E-state index contributed by atoms with van der Waals surface area (Å²) in [6.07, 6.45) is 1.53. The summed E-state index contributed by atoms with van der Waals surface area (Å²) >= 11 is 6.02. The highest BCUT2D eigenvalue weighted by Gasteiger charge is 2.05. The molecule has 0 spiro atoms. The van der Waals surface area contributed by atoms with Crippen molar-refractivity contribution in [2.75, 3.05) is 0 Å². The van der Waals surface area contributed by atoms with Crippen molar-refractivity contribution in [2.24, 2.45) is 5.10 Å². The summed E-state index contributed by atoms with van der Waals surface area (Å²) in [5.74, 6) is -0.256. The molecule has 1 N–H and O–H groups in total. The predicted molar refractivity (Wildman–Crippen MR) is 90.5 cm³/mol. The van der Waals surface area contributed by atoms with E-state index in [2.05, 4.69) is 10.5 Å². The molecule has 0 aromatic heterocycles. The SMILES string of the molecule is O=C(N/N=C\c1ccccc1Cl)c1ccc2ccccc2c1. The molecule has 3 aromatic rings. The van der Waals surface area contributed by atoms with Gasteiger partial charge in [-0.15, -0.1) is 0 Å². The summed E-state index contributed by atoms with van der Waals surface area (Å²) in [5, 5.41) is 6.65. The number of rotatable bonds is 3. The second-order valence-corrected chi connectivity index (χ2v) is 5.19. The summed E-state index contributed by atoms with van der Waals surface area (Å²) in [5.41, 5.74) is 3.83. The molecule has 0 aliphatic rings. The maximum atomic E-state index is 12.1. The van der Waals surface area contributed by atoms with Gasteiger partial charge in [-0.05, 0) is 29.0 Å². The Morgan fingerprint density at radius 1 is 0.955 bits per heavy atom. The normalized spacial score (nSPS) is 11.0. The van der Waals surface area contributed by atoms with Crippen molar-refractivity contribution in [1.29, 1.82) is 0 Å². The van der Waals surface area contributed by atoms with Crippen LogP contribution in [-0.2, 0) is 0 Å². The van der Waals surface area contributed by atoms with E-state index < -0.39 is 0 Å². The molecule has 0 unspecified atom stereocenters. The molecule has 0 aliphatic carbocycles. The van der Waals surface area contributed by atoms with Gasteiger partial charge in [0, 0.05) is 16.1 Å². The van der Waals surface area contributed by atoms with Crippen molar-refractivity contribution in [1.82, 2.24) is 5.43 Å². The van der Waals surface area contributed by atoms with Gasteiger partial charge in [0.1, 0.15) is 0 Å². The van der Waals surface area contributed by atoms with Crippen LogP contribution in [0.4, 0.5) is 0 Å². The zero-order valence-corrected chi connectivity index (χ0v) is 12.4. The second kappa shape index (κ2) is 6.41. The first kappa shape index (κ1) is 14.3. The number of carbonyl (C=O) groups excluding carboxylic acids is 1. The number of hydrazone groups is 1. The van der Waals surface area contributed by atoms with E-state index >= 15 is 0 Å². The highest BCUT2D eigenvalue weighted by atomic mass is 35.5. The first-order chi connectivity index (χ1) is 10.7. The lowest BCUT2D eigenvalue weighted by Crippen LogP contribution is -2.17. The summed E-state index contributed by atoms with van der Waals surface area (Å²) in [4.78, 5) is 12.1. The summed E-state index contributed by atoms with van der Waals surface area (Å²) in [6, 6.07) is 20.7. The number of hydrogen-bond acceptors (Lipinski definition) is 2. The van der Waals surface area contributed by atoms with Gasteiger partial charge in [0.25, 0.3) is 5.91 Å². The Kier molecular flexibility index (Phi) is 4.17. The number of benzene rings is 3. The van der Waals surface area contributed by atoms with E-state index in [4.69, 9.17) is 11.6 Å². The van der Waals surface area contributed by atoms with Gasteiger partial charge in [-0.3, -0.25) is 4.79 Å².